The highest BCUT2D eigenvalue weighted by molar-refractivity contribution is 5.96. The van der Waals surface area contributed by atoms with Gasteiger partial charge in [0.25, 0.3) is 5.91 Å². The molecule has 1 saturated heterocycles. The number of rotatable bonds is 3. The smallest absolute Gasteiger partial charge is 0.416 e. The summed E-state index contributed by atoms with van der Waals surface area (Å²) in [5.74, 6) is 0.684. The van der Waals surface area contributed by atoms with Gasteiger partial charge in [0.2, 0.25) is 5.88 Å². The highest BCUT2D eigenvalue weighted by Crippen LogP contribution is 2.31. The van der Waals surface area contributed by atoms with Crippen LogP contribution in [0, 0.1) is 5.92 Å². The van der Waals surface area contributed by atoms with Crippen LogP contribution in [0.5, 0.6) is 5.88 Å². The van der Waals surface area contributed by atoms with E-state index in [-0.39, 0.29) is 11.8 Å². The van der Waals surface area contributed by atoms with Crippen LogP contribution in [-0.2, 0) is 19.1 Å². The third kappa shape index (κ3) is 3.65. The maximum absolute atomic E-state index is 12.8. The lowest BCUT2D eigenvalue weighted by molar-refractivity contribution is -0.137. The number of ether oxygens (including phenoxy) is 1. The largest absolute Gasteiger partial charge is 0.477 e. The number of aryl methyl sites for hydroxylation is 1. The molecule has 1 aromatic heterocycles. The fourth-order valence-corrected chi connectivity index (χ4v) is 3.73. The van der Waals surface area contributed by atoms with Crippen molar-refractivity contribution in [1.29, 1.82) is 0 Å². The first-order valence-electron chi connectivity index (χ1n) is 9.06. The number of amides is 1. The third-order valence-corrected chi connectivity index (χ3v) is 5.15. The second-order valence-corrected chi connectivity index (χ2v) is 7.09. The molecule has 2 aromatic rings. The number of likely N-dealkylation sites (tertiary alicyclic amines) is 1. The number of halogens is 3. The van der Waals surface area contributed by atoms with E-state index >= 15 is 0 Å². The zero-order valence-corrected chi connectivity index (χ0v) is 14.7. The van der Waals surface area contributed by atoms with Crippen molar-refractivity contribution >= 4 is 5.91 Å². The van der Waals surface area contributed by atoms with E-state index in [4.69, 9.17) is 4.74 Å². The normalized spacial score (nSPS) is 19.7. The first-order valence-corrected chi connectivity index (χ1v) is 9.06. The van der Waals surface area contributed by atoms with Crippen LogP contribution in [0.2, 0.25) is 0 Å². The summed E-state index contributed by atoms with van der Waals surface area (Å²) in [5, 5.41) is 4.22. The molecule has 1 atom stereocenters. The standard InChI is InChI=1S/C19H20F3N3O2/c20-19(21,22)15-4-2-13(3-5-15)10-14-6-8-24(12-14)17(26)16-11-23-25-7-1-9-27-18(16)25/h2-5,11,14H,1,6-10,12H2/t14-/m0/s1. The molecular weight excluding hydrogens is 359 g/mol. The van der Waals surface area contributed by atoms with Gasteiger partial charge < -0.3 is 9.64 Å². The SMILES string of the molecule is O=C(c1cnn2c1OCCC2)N1CC[C@@H](Cc2ccc(C(F)(F)F)cc2)C1. The molecule has 0 saturated carbocycles. The van der Waals surface area contributed by atoms with Crippen molar-refractivity contribution in [2.75, 3.05) is 19.7 Å². The minimum absolute atomic E-state index is 0.0898. The quantitative estimate of drug-likeness (QED) is 0.821. The van der Waals surface area contributed by atoms with Gasteiger partial charge in [0, 0.05) is 26.1 Å². The molecule has 3 heterocycles. The predicted molar refractivity (Wildman–Crippen MR) is 91.5 cm³/mol. The maximum atomic E-state index is 12.8. The number of benzene rings is 1. The van der Waals surface area contributed by atoms with Crippen molar-refractivity contribution in [1.82, 2.24) is 14.7 Å². The van der Waals surface area contributed by atoms with Crippen LogP contribution in [0.4, 0.5) is 13.2 Å². The summed E-state index contributed by atoms with van der Waals surface area (Å²) in [6.45, 7) is 2.56. The minimum atomic E-state index is -4.32. The van der Waals surface area contributed by atoms with Crippen molar-refractivity contribution in [3.63, 3.8) is 0 Å². The lowest BCUT2D eigenvalue weighted by atomic mass is 9.98. The van der Waals surface area contributed by atoms with Gasteiger partial charge in [-0.1, -0.05) is 12.1 Å². The van der Waals surface area contributed by atoms with Crippen molar-refractivity contribution in [3.05, 3.63) is 47.2 Å². The molecule has 2 aliphatic rings. The summed E-state index contributed by atoms with van der Waals surface area (Å²) in [5.41, 5.74) is 0.707. The number of aromatic nitrogens is 2. The molecule has 0 radical (unpaired) electrons. The molecule has 1 aromatic carbocycles. The Kier molecular flexibility index (Phi) is 4.57. The van der Waals surface area contributed by atoms with E-state index in [9.17, 15) is 18.0 Å². The number of nitrogens with zero attached hydrogens (tertiary/aromatic N) is 3. The number of carbonyl (C=O) groups excluding carboxylic acids is 1. The van der Waals surface area contributed by atoms with E-state index in [1.54, 1.807) is 15.8 Å². The summed E-state index contributed by atoms with van der Waals surface area (Å²) in [7, 11) is 0. The molecule has 1 fully saturated rings. The van der Waals surface area contributed by atoms with E-state index in [0.717, 1.165) is 37.1 Å². The summed E-state index contributed by atoms with van der Waals surface area (Å²) in [4.78, 5) is 14.6. The van der Waals surface area contributed by atoms with Gasteiger partial charge in [-0.15, -0.1) is 0 Å². The first-order chi connectivity index (χ1) is 12.9. The predicted octanol–water partition coefficient (Wildman–Crippen LogP) is 3.39. The highest BCUT2D eigenvalue weighted by atomic mass is 19.4. The van der Waals surface area contributed by atoms with Crippen molar-refractivity contribution in [2.24, 2.45) is 5.92 Å². The topological polar surface area (TPSA) is 47.4 Å². The van der Waals surface area contributed by atoms with Crippen molar-refractivity contribution in [3.8, 4) is 5.88 Å². The molecular formula is C19H20F3N3O2. The fourth-order valence-electron chi connectivity index (χ4n) is 3.73. The van der Waals surface area contributed by atoms with Gasteiger partial charge in [-0.05, 0) is 36.5 Å². The Hall–Kier alpha value is -2.51. The Bertz CT molecular complexity index is 830. The highest BCUT2D eigenvalue weighted by Gasteiger charge is 2.32. The van der Waals surface area contributed by atoms with E-state index in [1.165, 1.54) is 12.1 Å². The van der Waals surface area contributed by atoms with Crippen LogP contribution in [0.3, 0.4) is 0 Å². The van der Waals surface area contributed by atoms with E-state index in [1.807, 2.05) is 0 Å². The molecule has 27 heavy (non-hydrogen) atoms. The van der Waals surface area contributed by atoms with Crippen LogP contribution < -0.4 is 4.74 Å². The number of hydrogen-bond acceptors (Lipinski definition) is 3. The monoisotopic (exact) mass is 379 g/mol. The zero-order chi connectivity index (χ0) is 19.0. The second-order valence-electron chi connectivity index (χ2n) is 7.09. The van der Waals surface area contributed by atoms with Crippen LogP contribution in [-0.4, -0.2) is 40.3 Å². The van der Waals surface area contributed by atoms with Gasteiger partial charge in [-0.3, -0.25) is 4.79 Å². The zero-order valence-electron chi connectivity index (χ0n) is 14.7. The fraction of sp³-hybridized carbons (Fsp3) is 0.474. The number of alkyl halides is 3. The van der Waals surface area contributed by atoms with E-state index in [2.05, 4.69) is 5.10 Å². The molecule has 144 valence electrons. The molecule has 5 nitrogen and oxygen atoms in total. The molecule has 4 rings (SSSR count). The average molecular weight is 379 g/mol. The first kappa shape index (κ1) is 17.9. The third-order valence-electron chi connectivity index (χ3n) is 5.15. The molecule has 1 amide bonds. The summed E-state index contributed by atoms with van der Waals surface area (Å²) in [6.07, 6.45) is -0.392. The summed E-state index contributed by atoms with van der Waals surface area (Å²) in [6, 6.07) is 5.28. The minimum Gasteiger partial charge on any atom is -0.477 e. The molecule has 0 spiro atoms. The van der Waals surface area contributed by atoms with E-state index < -0.39 is 11.7 Å². The molecule has 0 aliphatic carbocycles. The van der Waals surface area contributed by atoms with Gasteiger partial charge in [0.05, 0.1) is 18.4 Å². The summed E-state index contributed by atoms with van der Waals surface area (Å²) < 4.78 is 45.3. The van der Waals surface area contributed by atoms with Crippen LogP contribution in [0.15, 0.2) is 30.5 Å². The maximum Gasteiger partial charge on any atom is 0.416 e. The molecule has 2 aliphatic heterocycles. The molecule has 0 bridgehead atoms. The Balaban J connectivity index is 1.39. The Morgan fingerprint density at radius 2 is 2.00 bits per heavy atom. The number of hydrogen-bond donors (Lipinski definition) is 0. The molecule has 8 heteroatoms. The molecule has 0 unspecified atom stereocenters. The van der Waals surface area contributed by atoms with Crippen LogP contribution >= 0.6 is 0 Å². The van der Waals surface area contributed by atoms with E-state index in [0.29, 0.717) is 37.6 Å². The lowest BCUT2D eigenvalue weighted by Crippen LogP contribution is -2.29. The van der Waals surface area contributed by atoms with Gasteiger partial charge in [-0.25, -0.2) is 4.68 Å². The van der Waals surface area contributed by atoms with Crippen molar-refractivity contribution in [2.45, 2.75) is 32.0 Å². The average Bonchev–Trinajstić information content (AvgIpc) is 3.28. The summed E-state index contributed by atoms with van der Waals surface area (Å²) >= 11 is 0. The second kappa shape index (κ2) is 6.90. The number of carbonyl (C=O) groups is 1. The van der Waals surface area contributed by atoms with Gasteiger partial charge >= 0.3 is 6.18 Å². The molecule has 0 N–H and O–H groups in total. The lowest BCUT2D eigenvalue weighted by Gasteiger charge is -2.19. The van der Waals surface area contributed by atoms with Crippen molar-refractivity contribution < 1.29 is 22.7 Å². The van der Waals surface area contributed by atoms with Gasteiger partial charge in [-0.2, -0.15) is 18.3 Å². The Morgan fingerprint density at radius 1 is 1.22 bits per heavy atom. The van der Waals surface area contributed by atoms with Gasteiger partial charge in [0.15, 0.2) is 0 Å². The van der Waals surface area contributed by atoms with Gasteiger partial charge in [0.1, 0.15) is 5.56 Å². The van der Waals surface area contributed by atoms with Crippen LogP contribution in [0.1, 0.15) is 34.3 Å². The Morgan fingerprint density at radius 3 is 2.74 bits per heavy atom. The van der Waals surface area contributed by atoms with Crippen LogP contribution in [0.25, 0.3) is 0 Å². The number of fused-ring (bicyclic) bond motifs is 1. The Labute approximate surface area is 154 Å².